The third-order valence-corrected chi connectivity index (χ3v) is 3.93. The molecule has 0 saturated carbocycles. The topological polar surface area (TPSA) is 47.6 Å². The first-order valence-electron chi connectivity index (χ1n) is 9.15. The number of carbonyl (C=O) groups excluding carboxylic acids is 1. The van der Waals surface area contributed by atoms with E-state index in [1.54, 1.807) is 6.92 Å². The minimum Gasteiger partial charge on any atom is -0.493 e. The Labute approximate surface area is 156 Å². The van der Waals surface area contributed by atoms with Gasteiger partial charge in [0.15, 0.2) is 6.10 Å². The van der Waals surface area contributed by atoms with E-state index in [1.807, 2.05) is 48.5 Å². The van der Waals surface area contributed by atoms with Crippen molar-refractivity contribution in [2.24, 2.45) is 5.92 Å². The zero-order valence-electron chi connectivity index (χ0n) is 16.3. The van der Waals surface area contributed by atoms with E-state index >= 15 is 0 Å². The van der Waals surface area contributed by atoms with Crippen molar-refractivity contribution >= 4 is 11.6 Å². The maximum atomic E-state index is 12.3. The summed E-state index contributed by atoms with van der Waals surface area (Å²) in [5.41, 5.74) is 1.96. The Hall–Kier alpha value is -2.49. The first-order chi connectivity index (χ1) is 12.3. The van der Waals surface area contributed by atoms with Gasteiger partial charge in [0.2, 0.25) is 0 Å². The molecule has 0 aromatic heterocycles. The van der Waals surface area contributed by atoms with Crippen molar-refractivity contribution in [3.63, 3.8) is 0 Å². The van der Waals surface area contributed by atoms with Crippen LogP contribution in [0.25, 0.3) is 0 Å². The van der Waals surface area contributed by atoms with Gasteiger partial charge in [-0.15, -0.1) is 0 Å². The zero-order chi connectivity index (χ0) is 19.1. The Kier molecular flexibility index (Phi) is 7.07. The van der Waals surface area contributed by atoms with E-state index in [-0.39, 0.29) is 5.91 Å². The zero-order valence-corrected chi connectivity index (χ0v) is 16.3. The number of rotatable bonds is 8. The Morgan fingerprint density at radius 1 is 0.885 bits per heavy atom. The lowest BCUT2D eigenvalue weighted by Gasteiger charge is -2.16. The van der Waals surface area contributed by atoms with Crippen LogP contribution in [0.5, 0.6) is 11.5 Å². The normalized spacial score (nSPS) is 12.1. The molecule has 0 heterocycles. The average molecular weight is 355 g/mol. The minimum atomic E-state index is -0.586. The van der Waals surface area contributed by atoms with Crippen LogP contribution in [0.2, 0.25) is 0 Å². The second-order valence-corrected chi connectivity index (χ2v) is 7.20. The van der Waals surface area contributed by atoms with Crippen molar-refractivity contribution in [2.45, 2.75) is 46.6 Å². The van der Waals surface area contributed by atoms with Gasteiger partial charge in [-0.05, 0) is 60.7 Å². The number of benzene rings is 2. The summed E-state index contributed by atoms with van der Waals surface area (Å²) in [7, 11) is 0. The number of carbonyl (C=O) groups is 1. The van der Waals surface area contributed by atoms with Crippen LogP contribution in [-0.4, -0.2) is 18.6 Å². The molecule has 2 aromatic rings. The van der Waals surface area contributed by atoms with E-state index < -0.39 is 6.10 Å². The molecule has 0 saturated heterocycles. The Balaban J connectivity index is 1.88. The maximum absolute atomic E-state index is 12.3. The van der Waals surface area contributed by atoms with Crippen LogP contribution >= 0.6 is 0 Å². The largest absolute Gasteiger partial charge is 0.493 e. The summed E-state index contributed by atoms with van der Waals surface area (Å²) in [5.74, 6) is 2.24. The van der Waals surface area contributed by atoms with Crippen LogP contribution in [0.15, 0.2) is 48.5 Å². The van der Waals surface area contributed by atoms with Crippen molar-refractivity contribution in [2.75, 3.05) is 11.9 Å². The van der Waals surface area contributed by atoms with E-state index in [1.165, 1.54) is 5.56 Å². The van der Waals surface area contributed by atoms with E-state index in [2.05, 4.69) is 33.0 Å². The fraction of sp³-hybridized carbons (Fsp3) is 0.409. The molecule has 0 fully saturated rings. The molecule has 4 nitrogen and oxygen atoms in total. The fourth-order valence-corrected chi connectivity index (χ4v) is 2.33. The number of anilines is 1. The SMILES string of the molecule is CC(C)COc1ccc(NC(=O)C(C)Oc2ccc(C(C)C)cc2)cc1. The molecule has 2 aromatic carbocycles. The summed E-state index contributed by atoms with van der Waals surface area (Å²) in [4.78, 5) is 12.3. The van der Waals surface area contributed by atoms with Crippen molar-refractivity contribution in [1.82, 2.24) is 0 Å². The molecule has 26 heavy (non-hydrogen) atoms. The summed E-state index contributed by atoms with van der Waals surface area (Å²) in [6.45, 7) is 10.9. The lowest BCUT2D eigenvalue weighted by atomic mass is 10.0. The smallest absolute Gasteiger partial charge is 0.265 e. The van der Waals surface area contributed by atoms with Gasteiger partial charge in [0.05, 0.1) is 6.61 Å². The Morgan fingerprint density at radius 2 is 1.46 bits per heavy atom. The highest BCUT2D eigenvalue weighted by molar-refractivity contribution is 5.94. The van der Waals surface area contributed by atoms with Gasteiger partial charge in [0.1, 0.15) is 11.5 Å². The van der Waals surface area contributed by atoms with Crippen LogP contribution in [0, 0.1) is 5.92 Å². The Bertz CT molecular complexity index is 690. The van der Waals surface area contributed by atoms with E-state index in [4.69, 9.17) is 9.47 Å². The van der Waals surface area contributed by atoms with Crippen molar-refractivity contribution in [3.05, 3.63) is 54.1 Å². The van der Waals surface area contributed by atoms with Crippen molar-refractivity contribution in [3.8, 4) is 11.5 Å². The van der Waals surface area contributed by atoms with Gasteiger partial charge in [-0.2, -0.15) is 0 Å². The molecular formula is C22H29NO3. The van der Waals surface area contributed by atoms with Crippen LogP contribution in [0.4, 0.5) is 5.69 Å². The summed E-state index contributed by atoms with van der Waals surface area (Å²) < 4.78 is 11.4. The molecule has 2 rings (SSSR count). The quantitative estimate of drug-likeness (QED) is 0.703. The predicted octanol–water partition coefficient (Wildman–Crippen LogP) is 5.25. The molecular weight excluding hydrogens is 326 g/mol. The summed E-state index contributed by atoms with van der Waals surface area (Å²) in [6.07, 6.45) is -0.586. The monoisotopic (exact) mass is 355 g/mol. The molecule has 140 valence electrons. The van der Waals surface area contributed by atoms with E-state index in [0.717, 1.165) is 11.4 Å². The van der Waals surface area contributed by atoms with Crippen LogP contribution < -0.4 is 14.8 Å². The van der Waals surface area contributed by atoms with Crippen LogP contribution in [0.3, 0.4) is 0 Å². The van der Waals surface area contributed by atoms with Gasteiger partial charge in [-0.1, -0.05) is 39.8 Å². The third-order valence-electron chi connectivity index (χ3n) is 3.93. The molecule has 0 spiro atoms. The minimum absolute atomic E-state index is 0.186. The van der Waals surface area contributed by atoms with Gasteiger partial charge >= 0.3 is 0 Å². The first kappa shape index (κ1) is 19.8. The van der Waals surface area contributed by atoms with Crippen molar-refractivity contribution < 1.29 is 14.3 Å². The third kappa shape index (κ3) is 6.10. The molecule has 1 unspecified atom stereocenters. The number of hydrogen-bond donors (Lipinski definition) is 1. The van der Waals surface area contributed by atoms with E-state index in [0.29, 0.717) is 24.2 Å². The molecule has 1 N–H and O–H groups in total. The first-order valence-corrected chi connectivity index (χ1v) is 9.15. The van der Waals surface area contributed by atoms with Crippen LogP contribution in [-0.2, 0) is 4.79 Å². The van der Waals surface area contributed by atoms with Gasteiger partial charge in [0, 0.05) is 5.69 Å². The molecule has 0 aliphatic heterocycles. The second-order valence-electron chi connectivity index (χ2n) is 7.20. The fourth-order valence-electron chi connectivity index (χ4n) is 2.33. The molecule has 4 heteroatoms. The summed E-state index contributed by atoms with van der Waals surface area (Å²) >= 11 is 0. The number of ether oxygens (including phenoxy) is 2. The lowest BCUT2D eigenvalue weighted by molar-refractivity contribution is -0.122. The number of hydrogen-bond acceptors (Lipinski definition) is 3. The van der Waals surface area contributed by atoms with Gasteiger partial charge < -0.3 is 14.8 Å². The van der Waals surface area contributed by atoms with Gasteiger partial charge in [0.25, 0.3) is 5.91 Å². The molecule has 1 atom stereocenters. The lowest BCUT2D eigenvalue weighted by Crippen LogP contribution is -2.30. The predicted molar refractivity (Wildman–Crippen MR) is 106 cm³/mol. The highest BCUT2D eigenvalue weighted by atomic mass is 16.5. The molecule has 0 bridgehead atoms. The second kappa shape index (κ2) is 9.27. The van der Waals surface area contributed by atoms with Gasteiger partial charge in [-0.3, -0.25) is 4.79 Å². The maximum Gasteiger partial charge on any atom is 0.265 e. The molecule has 1 amide bonds. The molecule has 0 radical (unpaired) electrons. The molecule has 0 aliphatic rings. The number of nitrogens with one attached hydrogen (secondary N) is 1. The van der Waals surface area contributed by atoms with Crippen LogP contribution in [0.1, 0.15) is 46.1 Å². The molecule has 0 aliphatic carbocycles. The van der Waals surface area contributed by atoms with Crippen molar-refractivity contribution in [1.29, 1.82) is 0 Å². The van der Waals surface area contributed by atoms with E-state index in [9.17, 15) is 4.79 Å². The summed E-state index contributed by atoms with van der Waals surface area (Å²) in [6, 6.07) is 15.2. The highest BCUT2D eigenvalue weighted by Crippen LogP contribution is 2.20. The van der Waals surface area contributed by atoms with Gasteiger partial charge in [-0.25, -0.2) is 0 Å². The summed E-state index contributed by atoms with van der Waals surface area (Å²) in [5, 5.41) is 2.86. The highest BCUT2D eigenvalue weighted by Gasteiger charge is 2.15. The standard InChI is InChI=1S/C22H29NO3/c1-15(2)14-25-20-12-8-19(9-13-20)23-22(24)17(5)26-21-10-6-18(7-11-21)16(3)4/h6-13,15-17H,14H2,1-5H3,(H,23,24). The number of amides is 1. The average Bonchev–Trinajstić information content (AvgIpc) is 2.61. The Morgan fingerprint density at radius 3 is 2.00 bits per heavy atom.